The Labute approximate surface area is 79.3 Å². The number of hydrogen-bond donors (Lipinski definition) is 0. The first-order valence-electron chi connectivity index (χ1n) is 3.19. The molecule has 11 heavy (non-hydrogen) atoms. The molecule has 0 heterocycles. The van der Waals surface area contributed by atoms with Crippen LogP contribution in [0.3, 0.4) is 0 Å². The van der Waals surface area contributed by atoms with E-state index in [1.807, 2.05) is 24.3 Å². The van der Waals surface area contributed by atoms with Crippen molar-refractivity contribution in [2.24, 2.45) is 0 Å². The molecule has 0 bridgehead atoms. The van der Waals surface area contributed by atoms with Crippen LogP contribution in [0.25, 0.3) is 0 Å². The second-order valence-corrected chi connectivity index (χ2v) is 3.47. The Kier molecular flexibility index (Phi) is 2.87. The lowest BCUT2D eigenvalue weighted by molar-refractivity contribution is -0.416. The molecule has 58 valence electrons. The van der Waals surface area contributed by atoms with Gasteiger partial charge in [0.1, 0.15) is 7.05 Å². The molecule has 1 aromatic carbocycles. The molecule has 0 saturated heterocycles. The van der Waals surface area contributed by atoms with Crippen LogP contribution in [0.15, 0.2) is 24.3 Å². The van der Waals surface area contributed by atoms with E-state index in [2.05, 4.69) is 22.6 Å². The van der Waals surface area contributed by atoms with E-state index in [0.29, 0.717) is 0 Å². The van der Waals surface area contributed by atoms with Crippen molar-refractivity contribution in [3.63, 3.8) is 0 Å². The zero-order valence-corrected chi connectivity index (χ0v) is 8.28. The molecular formula is C8H8INO. The molecule has 0 fully saturated rings. The van der Waals surface area contributed by atoms with Crippen molar-refractivity contribution in [3.8, 4) is 0 Å². The zero-order valence-electron chi connectivity index (χ0n) is 6.12. The normalized spacial score (nSPS) is 11.6. The predicted molar refractivity (Wildman–Crippen MR) is 53.9 cm³/mol. The minimum absolute atomic E-state index is 0.794. The van der Waals surface area contributed by atoms with Crippen LogP contribution >= 0.6 is 22.6 Å². The Balaban J connectivity index is 2.91. The SMILES string of the molecule is C/[N+]([O-])=C/c1ccc(I)cc1. The molecule has 0 atom stereocenters. The highest BCUT2D eigenvalue weighted by atomic mass is 127. The standard InChI is InChI=1S/C8H8INO/c1-10(11)6-7-2-4-8(9)5-3-7/h2-6H,1H3/b10-6-. The van der Waals surface area contributed by atoms with E-state index < -0.39 is 0 Å². The maximum absolute atomic E-state index is 10.6. The van der Waals surface area contributed by atoms with E-state index >= 15 is 0 Å². The third-order valence-corrected chi connectivity index (χ3v) is 1.92. The van der Waals surface area contributed by atoms with Gasteiger partial charge in [-0.1, -0.05) is 0 Å². The van der Waals surface area contributed by atoms with E-state index in [0.717, 1.165) is 10.3 Å². The van der Waals surface area contributed by atoms with Gasteiger partial charge >= 0.3 is 0 Å². The molecule has 0 saturated carbocycles. The van der Waals surface area contributed by atoms with Gasteiger partial charge in [0.25, 0.3) is 0 Å². The maximum atomic E-state index is 10.6. The number of hydroxylamine groups is 1. The van der Waals surface area contributed by atoms with Gasteiger partial charge in [-0.2, -0.15) is 0 Å². The van der Waals surface area contributed by atoms with Crippen LogP contribution < -0.4 is 0 Å². The lowest BCUT2D eigenvalue weighted by atomic mass is 10.2. The van der Waals surface area contributed by atoms with Crippen molar-refractivity contribution >= 4 is 28.8 Å². The summed E-state index contributed by atoms with van der Waals surface area (Å²) in [5.41, 5.74) is 0.933. The summed E-state index contributed by atoms with van der Waals surface area (Å²) < 4.78 is 1.97. The summed E-state index contributed by atoms with van der Waals surface area (Å²) in [5.74, 6) is 0. The minimum atomic E-state index is 0.794. The molecule has 2 nitrogen and oxygen atoms in total. The average molecular weight is 261 g/mol. The van der Waals surface area contributed by atoms with Crippen molar-refractivity contribution in [2.45, 2.75) is 0 Å². The van der Waals surface area contributed by atoms with Crippen LogP contribution in [0.5, 0.6) is 0 Å². The number of halogens is 1. The average Bonchev–Trinajstić information content (AvgIpc) is 1.93. The second kappa shape index (κ2) is 3.71. The fourth-order valence-corrected chi connectivity index (χ4v) is 1.12. The van der Waals surface area contributed by atoms with Crippen LogP contribution in [0.2, 0.25) is 0 Å². The Bertz CT molecular complexity index is 262. The lowest BCUT2D eigenvalue weighted by Crippen LogP contribution is -1.96. The van der Waals surface area contributed by atoms with E-state index in [4.69, 9.17) is 0 Å². The molecule has 0 N–H and O–H groups in total. The fraction of sp³-hybridized carbons (Fsp3) is 0.125. The van der Waals surface area contributed by atoms with Crippen molar-refractivity contribution in [1.82, 2.24) is 0 Å². The van der Waals surface area contributed by atoms with Crippen LogP contribution in [0.4, 0.5) is 0 Å². The molecule has 1 rings (SSSR count). The van der Waals surface area contributed by atoms with Gasteiger partial charge in [-0.25, -0.2) is 4.74 Å². The molecule has 0 amide bonds. The molecule has 0 aliphatic carbocycles. The molecule has 0 spiro atoms. The molecule has 3 heteroatoms. The second-order valence-electron chi connectivity index (χ2n) is 2.23. The first-order chi connectivity index (χ1) is 5.18. The van der Waals surface area contributed by atoms with Gasteiger partial charge < -0.3 is 5.21 Å². The van der Waals surface area contributed by atoms with E-state index in [-0.39, 0.29) is 0 Å². The molecular weight excluding hydrogens is 253 g/mol. The molecule has 1 aromatic rings. The topological polar surface area (TPSA) is 26.1 Å². The summed E-state index contributed by atoms with van der Waals surface area (Å²) in [4.78, 5) is 0. The van der Waals surface area contributed by atoms with Gasteiger partial charge in [0, 0.05) is 9.13 Å². The monoisotopic (exact) mass is 261 g/mol. The van der Waals surface area contributed by atoms with Crippen LogP contribution in [-0.2, 0) is 0 Å². The highest BCUT2D eigenvalue weighted by molar-refractivity contribution is 14.1. The van der Waals surface area contributed by atoms with Crippen molar-refractivity contribution < 1.29 is 4.74 Å². The van der Waals surface area contributed by atoms with Crippen LogP contribution in [0, 0.1) is 8.78 Å². The third-order valence-electron chi connectivity index (χ3n) is 1.20. The Hall–Kier alpha value is -0.580. The lowest BCUT2D eigenvalue weighted by Gasteiger charge is -1.95. The van der Waals surface area contributed by atoms with Gasteiger partial charge in [0.15, 0.2) is 6.21 Å². The highest BCUT2D eigenvalue weighted by Gasteiger charge is 1.90. The van der Waals surface area contributed by atoms with Crippen molar-refractivity contribution in [3.05, 3.63) is 38.6 Å². The van der Waals surface area contributed by atoms with Crippen molar-refractivity contribution in [2.75, 3.05) is 7.05 Å². The highest BCUT2D eigenvalue weighted by Crippen LogP contribution is 2.04. The smallest absolute Gasteiger partial charge is 0.181 e. The van der Waals surface area contributed by atoms with Gasteiger partial charge in [-0.05, 0) is 46.9 Å². The zero-order chi connectivity index (χ0) is 8.27. The van der Waals surface area contributed by atoms with Gasteiger partial charge in [-0.15, -0.1) is 0 Å². The van der Waals surface area contributed by atoms with E-state index in [9.17, 15) is 5.21 Å². The van der Waals surface area contributed by atoms with Gasteiger partial charge in [0.2, 0.25) is 0 Å². The molecule has 0 aliphatic rings. The maximum Gasteiger partial charge on any atom is 0.181 e. The largest absolute Gasteiger partial charge is 0.624 e. The number of nitrogens with zero attached hydrogens (tertiary/aromatic N) is 1. The predicted octanol–water partition coefficient (Wildman–Crippen LogP) is 1.85. The molecule has 0 unspecified atom stereocenters. The van der Waals surface area contributed by atoms with Crippen LogP contribution in [-0.4, -0.2) is 18.0 Å². The summed E-state index contributed by atoms with van der Waals surface area (Å²) in [6, 6.07) is 7.76. The molecule has 0 aliphatic heterocycles. The van der Waals surface area contributed by atoms with Crippen LogP contribution in [0.1, 0.15) is 5.56 Å². The Morgan fingerprint density at radius 1 is 1.36 bits per heavy atom. The first-order valence-corrected chi connectivity index (χ1v) is 4.27. The minimum Gasteiger partial charge on any atom is -0.624 e. The van der Waals surface area contributed by atoms with E-state index in [1.54, 1.807) is 0 Å². The summed E-state index contributed by atoms with van der Waals surface area (Å²) in [7, 11) is 1.47. The number of rotatable bonds is 1. The Morgan fingerprint density at radius 3 is 2.36 bits per heavy atom. The Morgan fingerprint density at radius 2 is 1.91 bits per heavy atom. The number of benzene rings is 1. The fourth-order valence-electron chi connectivity index (χ4n) is 0.759. The quantitative estimate of drug-likeness (QED) is 0.249. The summed E-state index contributed by atoms with van der Waals surface area (Å²) in [6.45, 7) is 0. The van der Waals surface area contributed by atoms with Gasteiger partial charge in [0.05, 0.1) is 0 Å². The summed E-state index contributed by atoms with van der Waals surface area (Å²) >= 11 is 2.22. The molecule has 0 radical (unpaired) electrons. The summed E-state index contributed by atoms with van der Waals surface area (Å²) in [6.07, 6.45) is 1.54. The molecule has 0 aromatic heterocycles. The van der Waals surface area contributed by atoms with Gasteiger partial charge in [-0.3, -0.25) is 0 Å². The number of hydrogen-bond acceptors (Lipinski definition) is 1. The summed E-state index contributed by atoms with van der Waals surface area (Å²) in [5, 5.41) is 10.6. The third kappa shape index (κ3) is 2.88. The van der Waals surface area contributed by atoms with E-state index in [1.165, 1.54) is 16.8 Å². The first kappa shape index (κ1) is 8.52. The van der Waals surface area contributed by atoms with Crippen molar-refractivity contribution in [1.29, 1.82) is 0 Å².